The lowest BCUT2D eigenvalue weighted by molar-refractivity contribution is -0.148. The molecule has 148 valence electrons. The molecule has 0 N–H and O–H groups in total. The molecule has 0 spiro atoms. The minimum atomic E-state index is -0.822. The van der Waals surface area contributed by atoms with Gasteiger partial charge in [0.05, 0.1) is 5.56 Å². The van der Waals surface area contributed by atoms with Gasteiger partial charge >= 0.3 is 12.1 Å². The van der Waals surface area contributed by atoms with Gasteiger partial charge in [0, 0.05) is 10.5 Å². The van der Waals surface area contributed by atoms with Gasteiger partial charge in [-0.3, -0.25) is 9.69 Å². The second kappa shape index (κ2) is 8.37. The van der Waals surface area contributed by atoms with Crippen molar-refractivity contribution >= 4 is 33.8 Å². The molecule has 2 unspecified atom stereocenters. The second-order valence-electron chi connectivity index (χ2n) is 7.48. The first-order chi connectivity index (χ1) is 12.5. The number of carbonyl (C=O) groups excluding carboxylic acids is 3. The molecule has 27 heavy (non-hydrogen) atoms. The number of halogens is 2. The average Bonchev–Trinajstić information content (AvgIpc) is 2.92. The van der Waals surface area contributed by atoms with E-state index in [9.17, 15) is 18.8 Å². The Morgan fingerprint density at radius 1 is 1.26 bits per heavy atom. The minimum Gasteiger partial charge on any atom is -0.456 e. The van der Waals surface area contributed by atoms with E-state index in [1.54, 1.807) is 20.8 Å². The van der Waals surface area contributed by atoms with Crippen LogP contribution >= 0.6 is 15.9 Å². The first-order valence-electron chi connectivity index (χ1n) is 8.66. The second-order valence-corrected chi connectivity index (χ2v) is 8.40. The third-order valence-corrected chi connectivity index (χ3v) is 4.62. The Bertz CT molecular complexity index is 746. The van der Waals surface area contributed by atoms with E-state index < -0.39 is 41.9 Å². The number of amides is 1. The number of rotatable bonds is 4. The number of ether oxygens (including phenoxy) is 2. The van der Waals surface area contributed by atoms with Crippen molar-refractivity contribution in [2.45, 2.75) is 58.2 Å². The number of ketones is 1. The number of Topliss-reactive ketones (excluding diaryl/α,β-unsaturated/α-hetero) is 1. The van der Waals surface area contributed by atoms with E-state index in [0.717, 1.165) is 6.07 Å². The molecule has 0 bridgehead atoms. The van der Waals surface area contributed by atoms with Gasteiger partial charge in [-0.2, -0.15) is 0 Å². The van der Waals surface area contributed by atoms with Gasteiger partial charge in [0.15, 0.2) is 6.61 Å². The van der Waals surface area contributed by atoms with E-state index in [2.05, 4.69) is 15.9 Å². The molecule has 1 amide bonds. The Morgan fingerprint density at radius 3 is 2.52 bits per heavy atom. The zero-order valence-corrected chi connectivity index (χ0v) is 17.3. The van der Waals surface area contributed by atoms with E-state index >= 15 is 0 Å². The molecule has 1 heterocycles. The van der Waals surface area contributed by atoms with Gasteiger partial charge in [0.2, 0.25) is 5.78 Å². The van der Waals surface area contributed by atoms with Gasteiger partial charge < -0.3 is 9.47 Å². The van der Waals surface area contributed by atoms with Crippen molar-refractivity contribution in [2.24, 2.45) is 0 Å². The number of hydrogen-bond acceptors (Lipinski definition) is 5. The van der Waals surface area contributed by atoms with E-state index in [-0.39, 0.29) is 11.6 Å². The van der Waals surface area contributed by atoms with E-state index in [0.29, 0.717) is 17.3 Å². The highest BCUT2D eigenvalue weighted by Crippen LogP contribution is 2.27. The Morgan fingerprint density at radius 2 is 1.93 bits per heavy atom. The molecule has 1 fully saturated rings. The normalized spacial score (nSPS) is 19.7. The lowest BCUT2D eigenvalue weighted by Crippen LogP contribution is -2.47. The van der Waals surface area contributed by atoms with Crippen molar-refractivity contribution in [3.05, 3.63) is 34.1 Å². The van der Waals surface area contributed by atoms with Gasteiger partial charge in [0.25, 0.3) is 0 Å². The summed E-state index contributed by atoms with van der Waals surface area (Å²) in [5.41, 5.74) is -0.849. The van der Waals surface area contributed by atoms with Crippen LogP contribution in [0.2, 0.25) is 0 Å². The van der Waals surface area contributed by atoms with Crippen LogP contribution in [0.25, 0.3) is 0 Å². The molecule has 1 aliphatic heterocycles. The Kier molecular flexibility index (Phi) is 6.62. The summed E-state index contributed by atoms with van der Waals surface area (Å²) in [5, 5.41) is 0. The number of nitrogens with zero attached hydrogens (tertiary/aromatic N) is 1. The topological polar surface area (TPSA) is 72.9 Å². The highest BCUT2D eigenvalue weighted by Gasteiger charge is 2.42. The van der Waals surface area contributed by atoms with Crippen molar-refractivity contribution in [3.63, 3.8) is 0 Å². The van der Waals surface area contributed by atoms with Gasteiger partial charge in [0.1, 0.15) is 17.5 Å². The van der Waals surface area contributed by atoms with Crippen LogP contribution in [0, 0.1) is 5.82 Å². The van der Waals surface area contributed by atoms with Crippen LogP contribution in [-0.2, 0) is 14.3 Å². The van der Waals surface area contributed by atoms with Crippen molar-refractivity contribution in [1.82, 2.24) is 4.90 Å². The van der Waals surface area contributed by atoms with Crippen molar-refractivity contribution in [2.75, 3.05) is 6.61 Å². The van der Waals surface area contributed by atoms with E-state index in [1.165, 1.54) is 17.0 Å². The van der Waals surface area contributed by atoms with Crippen LogP contribution in [0.3, 0.4) is 0 Å². The van der Waals surface area contributed by atoms with Crippen LogP contribution in [0.1, 0.15) is 50.9 Å². The summed E-state index contributed by atoms with van der Waals surface area (Å²) >= 11 is 3.11. The summed E-state index contributed by atoms with van der Waals surface area (Å²) in [6.07, 6.45) is 0.439. The monoisotopic (exact) mass is 443 g/mol. The molecule has 1 aromatic carbocycles. The third kappa shape index (κ3) is 5.51. The molecule has 0 aliphatic carbocycles. The first kappa shape index (κ1) is 21.3. The van der Waals surface area contributed by atoms with Gasteiger partial charge in [-0.1, -0.05) is 15.9 Å². The fraction of sp³-hybridized carbons (Fsp3) is 0.526. The predicted octanol–water partition coefficient (Wildman–Crippen LogP) is 4.10. The number of benzene rings is 1. The molecular formula is C19H23BrFNO5. The van der Waals surface area contributed by atoms with Gasteiger partial charge in [-0.05, 0) is 58.7 Å². The van der Waals surface area contributed by atoms with Gasteiger partial charge in [-0.15, -0.1) is 0 Å². The summed E-state index contributed by atoms with van der Waals surface area (Å²) in [6, 6.07) is 3.01. The molecule has 0 saturated carbocycles. The lowest BCUT2D eigenvalue weighted by atomic mass is 10.1. The Balaban J connectivity index is 2.01. The van der Waals surface area contributed by atoms with Crippen LogP contribution in [0.4, 0.5) is 9.18 Å². The molecule has 0 radical (unpaired) electrons. The number of carbonyl (C=O) groups is 3. The maximum atomic E-state index is 13.8. The van der Waals surface area contributed by atoms with Gasteiger partial charge in [-0.25, -0.2) is 14.0 Å². The maximum absolute atomic E-state index is 13.8. The fourth-order valence-corrected chi connectivity index (χ4v) is 3.20. The molecule has 8 heteroatoms. The molecule has 0 aromatic heterocycles. The molecule has 6 nitrogen and oxygen atoms in total. The van der Waals surface area contributed by atoms with Crippen LogP contribution in [0.5, 0.6) is 0 Å². The standard InChI is InChI=1S/C19H23BrFNO5/c1-11-5-8-15(22(11)18(25)27-19(2,3)4)17(24)26-10-16(23)13-7-6-12(20)9-14(13)21/h6-7,9,11,15H,5,8,10H2,1-4H3. The summed E-state index contributed by atoms with van der Waals surface area (Å²) in [6.45, 7) is 6.45. The lowest BCUT2D eigenvalue weighted by Gasteiger charge is -2.30. The largest absolute Gasteiger partial charge is 0.456 e. The first-order valence-corrected chi connectivity index (χ1v) is 9.45. The zero-order chi connectivity index (χ0) is 20.4. The van der Waals surface area contributed by atoms with E-state index in [1.807, 2.05) is 6.92 Å². The Labute approximate surface area is 166 Å². The smallest absolute Gasteiger partial charge is 0.411 e. The summed E-state index contributed by atoms with van der Waals surface area (Å²) in [5.74, 6) is -2.05. The third-order valence-electron chi connectivity index (χ3n) is 4.12. The molecule has 1 saturated heterocycles. The molecule has 1 aromatic rings. The number of likely N-dealkylation sites (tertiary alicyclic amines) is 1. The summed E-state index contributed by atoms with van der Waals surface area (Å²) in [4.78, 5) is 38.3. The summed E-state index contributed by atoms with van der Waals surface area (Å²) in [7, 11) is 0. The molecule has 1 aliphatic rings. The predicted molar refractivity (Wildman–Crippen MR) is 99.9 cm³/mol. The fourth-order valence-electron chi connectivity index (χ4n) is 2.86. The van der Waals surface area contributed by atoms with Crippen LogP contribution in [0.15, 0.2) is 22.7 Å². The molecule has 2 rings (SSSR count). The minimum absolute atomic E-state index is 0.158. The summed E-state index contributed by atoms with van der Waals surface area (Å²) < 4.78 is 24.8. The van der Waals surface area contributed by atoms with Crippen LogP contribution < -0.4 is 0 Å². The molecule has 2 atom stereocenters. The number of esters is 1. The molecular weight excluding hydrogens is 421 g/mol. The highest BCUT2D eigenvalue weighted by atomic mass is 79.9. The number of hydrogen-bond donors (Lipinski definition) is 0. The van der Waals surface area contributed by atoms with E-state index in [4.69, 9.17) is 9.47 Å². The van der Waals surface area contributed by atoms with Crippen molar-refractivity contribution in [3.8, 4) is 0 Å². The quantitative estimate of drug-likeness (QED) is 0.517. The van der Waals surface area contributed by atoms with Crippen LogP contribution in [-0.4, -0.2) is 47.0 Å². The van der Waals surface area contributed by atoms with Crippen molar-refractivity contribution in [1.29, 1.82) is 0 Å². The Hall–Kier alpha value is -1.96. The van der Waals surface area contributed by atoms with Crippen molar-refractivity contribution < 1.29 is 28.2 Å². The SMILES string of the molecule is CC1CCC(C(=O)OCC(=O)c2ccc(Br)cc2F)N1C(=O)OC(C)(C)C. The maximum Gasteiger partial charge on any atom is 0.411 e. The average molecular weight is 444 g/mol. The highest BCUT2D eigenvalue weighted by molar-refractivity contribution is 9.10. The zero-order valence-electron chi connectivity index (χ0n) is 15.8.